The van der Waals surface area contributed by atoms with Crippen molar-refractivity contribution in [3.8, 4) is 0 Å². The highest BCUT2D eigenvalue weighted by Crippen LogP contribution is 2.30. The molecule has 2 unspecified atom stereocenters. The molecule has 6 nitrogen and oxygen atoms in total. The van der Waals surface area contributed by atoms with Gasteiger partial charge in [-0.15, -0.1) is 0 Å². The van der Waals surface area contributed by atoms with Gasteiger partial charge in [-0.25, -0.2) is 0 Å². The Bertz CT molecular complexity index is 271. The second-order valence-electron chi connectivity index (χ2n) is 4.34. The van der Waals surface area contributed by atoms with E-state index in [1.807, 2.05) is 0 Å². The molecule has 0 heterocycles. The first-order chi connectivity index (χ1) is 8.15. The summed E-state index contributed by atoms with van der Waals surface area (Å²) in [6, 6.07) is 0. The van der Waals surface area contributed by atoms with Gasteiger partial charge >= 0.3 is 0 Å². The van der Waals surface area contributed by atoms with Crippen LogP contribution in [0, 0.1) is 11.8 Å². The van der Waals surface area contributed by atoms with Crippen molar-refractivity contribution in [2.24, 2.45) is 23.3 Å². The Labute approximate surface area is 101 Å². The SMILES string of the molecule is NCC1CCCC1C(=O)NCCOCC(N)=O. The summed E-state index contributed by atoms with van der Waals surface area (Å²) in [5.41, 5.74) is 10.5. The first-order valence-electron chi connectivity index (χ1n) is 5.99. The van der Waals surface area contributed by atoms with Gasteiger partial charge in [0.25, 0.3) is 0 Å². The maximum atomic E-state index is 11.8. The van der Waals surface area contributed by atoms with Gasteiger partial charge in [-0.3, -0.25) is 9.59 Å². The van der Waals surface area contributed by atoms with E-state index in [2.05, 4.69) is 5.32 Å². The van der Waals surface area contributed by atoms with Crippen molar-refractivity contribution in [1.29, 1.82) is 0 Å². The van der Waals surface area contributed by atoms with Crippen LogP contribution in [0.3, 0.4) is 0 Å². The largest absolute Gasteiger partial charge is 0.370 e. The zero-order valence-electron chi connectivity index (χ0n) is 9.98. The molecule has 1 aliphatic carbocycles. The number of carbonyl (C=O) groups excluding carboxylic acids is 2. The Morgan fingerprint density at radius 3 is 2.76 bits per heavy atom. The van der Waals surface area contributed by atoms with Gasteiger partial charge in [-0.1, -0.05) is 6.42 Å². The van der Waals surface area contributed by atoms with Crippen LogP contribution in [0.4, 0.5) is 0 Å². The van der Waals surface area contributed by atoms with Crippen LogP contribution in [0.15, 0.2) is 0 Å². The van der Waals surface area contributed by atoms with E-state index in [1.165, 1.54) is 0 Å². The van der Waals surface area contributed by atoms with Gasteiger partial charge in [-0.05, 0) is 25.3 Å². The molecule has 17 heavy (non-hydrogen) atoms. The van der Waals surface area contributed by atoms with Crippen molar-refractivity contribution in [3.63, 3.8) is 0 Å². The maximum Gasteiger partial charge on any atom is 0.243 e. The third-order valence-corrected chi connectivity index (χ3v) is 3.09. The fourth-order valence-corrected chi connectivity index (χ4v) is 2.21. The summed E-state index contributed by atoms with van der Waals surface area (Å²) in [4.78, 5) is 22.2. The monoisotopic (exact) mass is 243 g/mol. The summed E-state index contributed by atoms with van der Waals surface area (Å²) in [5.74, 6) is -0.117. The lowest BCUT2D eigenvalue weighted by molar-refractivity contribution is -0.126. The smallest absolute Gasteiger partial charge is 0.243 e. The molecular formula is C11H21N3O3. The third kappa shape index (κ3) is 4.70. The molecule has 98 valence electrons. The standard InChI is InChI=1S/C11H21N3O3/c12-6-8-2-1-3-9(8)11(16)14-4-5-17-7-10(13)15/h8-9H,1-7,12H2,(H2,13,15)(H,14,16). The quantitative estimate of drug-likeness (QED) is 0.497. The molecule has 2 amide bonds. The van der Waals surface area contributed by atoms with Gasteiger partial charge in [0, 0.05) is 12.5 Å². The van der Waals surface area contributed by atoms with Crippen LogP contribution in [0.5, 0.6) is 0 Å². The summed E-state index contributed by atoms with van der Waals surface area (Å²) < 4.78 is 4.95. The highest BCUT2D eigenvalue weighted by atomic mass is 16.5. The van der Waals surface area contributed by atoms with E-state index >= 15 is 0 Å². The van der Waals surface area contributed by atoms with E-state index in [4.69, 9.17) is 16.2 Å². The van der Waals surface area contributed by atoms with Gasteiger partial charge in [0.15, 0.2) is 0 Å². The van der Waals surface area contributed by atoms with E-state index in [0.717, 1.165) is 19.3 Å². The Hall–Kier alpha value is -1.14. The van der Waals surface area contributed by atoms with Gasteiger partial charge in [0.05, 0.1) is 6.61 Å². The molecule has 0 aromatic heterocycles. The Morgan fingerprint density at radius 2 is 2.12 bits per heavy atom. The van der Waals surface area contributed by atoms with Crippen LogP contribution < -0.4 is 16.8 Å². The van der Waals surface area contributed by atoms with Gasteiger partial charge < -0.3 is 21.5 Å². The summed E-state index contributed by atoms with van der Waals surface area (Å²) in [6.45, 7) is 1.16. The number of hydrogen-bond donors (Lipinski definition) is 3. The van der Waals surface area contributed by atoms with Crippen molar-refractivity contribution in [2.45, 2.75) is 19.3 Å². The van der Waals surface area contributed by atoms with Crippen LogP contribution in [-0.2, 0) is 14.3 Å². The van der Waals surface area contributed by atoms with E-state index in [1.54, 1.807) is 0 Å². The molecule has 1 saturated carbocycles. The molecule has 0 aromatic rings. The molecular weight excluding hydrogens is 222 g/mol. The normalized spacial score (nSPS) is 23.6. The average Bonchev–Trinajstić information content (AvgIpc) is 2.75. The van der Waals surface area contributed by atoms with E-state index < -0.39 is 5.91 Å². The predicted molar refractivity (Wildman–Crippen MR) is 62.9 cm³/mol. The molecule has 1 rings (SSSR count). The number of amides is 2. The number of rotatable bonds is 7. The summed E-state index contributed by atoms with van der Waals surface area (Å²) in [6.07, 6.45) is 3.01. The summed E-state index contributed by atoms with van der Waals surface area (Å²) in [5, 5.41) is 2.79. The zero-order valence-corrected chi connectivity index (χ0v) is 9.98. The molecule has 2 atom stereocenters. The molecule has 5 N–H and O–H groups in total. The highest BCUT2D eigenvalue weighted by Gasteiger charge is 2.31. The highest BCUT2D eigenvalue weighted by molar-refractivity contribution is 5.79. The lowest BCUT2D eigenvalue weighted by atomic mass is 9.95. The summed E-state index contributed by atoms with van der Waals surface area (Å²) >= 11 is 0. The molecule has 6 heteroatoms. The molecule has 0 spiro atoms. The molecule has 0 radical (unpaired) electrons. The average molecular weight is 243 g/mol. The van der Waals surface area contributed by atoms with E-state index in [9.17, 15) is 9.59 Å². The first kappa shape index (κ1) is 13.9. The number of nitrogens with two attached hydrogens (primary N) is 2. The summed E-state index contributed by atoms with van der Waals surface area (Å²) in [7, 11) is 0. The molecule has 1 aliphatic rings. The molecule has 0 aromatic carbocycles. The van der Waals surface area contributed by atoms with E-state index in [-0.39, 0.29) is 18.4 Å². The van der Waals surface area contributed by atoms with Gasteiger partial charge in [0.2, 0.25) is 11.8 Å². The molecule has 0 aliphatic heterocycles. The second kappa shape index (κ2) is 7.24. The topological polar surface area (TPSA) is 107 Å². The van der Waals surface area contributed by atoms with Gasteiger partial charge in [0.1, 0.15) is 6.61 Å². The van der Waals surface area contributed by atoms with Crippen molar-refractivity contribution in [1.82, 2.24) is 5.32 Å². The maximum absolute atomic E-state index is 11.8. The van der Waals surface area contributed by atoms with E-state index in [0.29, 0.717) is 25.6 Å². The molecule has 0 bridgehead atoms. The fourth-order valence-electron chi connectivity index (χ4n) is 2.21. The van der Waals surface area contributed by atoms with Crippen LogP contribution in [-0.4, -0.2) is 38.1 Å². The Kier molecular flexibility index (Phi) is 5.93. The number of ether oxygens (including phenoxy) is 1. The van der Waals surface area contributed by atoms with Crippen molar-refractivity contribution < 1.29 is 14.3 Å². The van der Waals surface area contributed by atoms with Gasteiger partial charge in [-0.2, -0.15) is 0 Å². The minimum Gasteiger partial charge on any atom is -0.370 e. The zero-order chi connectivity index (χ0) is 12.7. The minimum atomic E-state index is -0.504. The lowest BCUT2D eigenvalue weighted by Crippen LogP contribution is -2.37. The number of hydrogen-bond acceptors (Lipinski definition) is 4. The minimum absolute atomic E-state index is 0.0381. The Morgan fingerprint density at radius 1 is 1.35 bits per heavy atom. The van der Waals surface area contributed by atoms with Crippen molar-refractivity contribution >= 4 is 11.8 Å². The molecule has 1 fully saturated rings. The van der Waals surface area contributed by atoms with Crippen LogP contribution in [0.1, 0.15) is 19.3 Å². The number of carbonyl (C=O) groups is 2. The molecule has 0 saturated heterocycles. The Balaban J connectivity index is 2.14. The van der Waals surface area contributed by atoms with Crippen LogP contribution >= 0.6 is 0 Å². The van der Waals surface area contributed by atoms with Crippen LogP contribution in [0.25, 0.3) is 0 Å². The second-order valence-corrected chi connectivity index (χ2v) is 4.34. The third-order valence-electron chi connectivity index (χ3n) is 3.09. The van der Waals surface area contributed by atoms with Crippen LogP contribution in [0.2, 0.25) is 0 Å². The number of nitrogens with one attached hydrogen (secondary N) is 1. The fraction of sp³-hybridized carbons (Fsp3) is 0.818. The number of primary amides is 1. The lowest BCUT2D eigenvalue weighted by Gasteiger charge is -2.17. The predicted octanol–water partition coefficient (Wildman–Crippen LogP) is -1.02. The van der Waals surface area contributed by atoms with Crippen molar-refractivity contribution in [2.75, 3.05) is 26.3 Å². The first-order valence-corrected chi connectivity index (χ1v) is 5.99. The van der Waals surface area contributed by atoms with Crippen molar-refractivity contribution in [3.05, 3.63) is 0 Å².